The van der Waals surface area contributed by atoms with Crippen molar-refractivity contribution in [3.8, 4) is 5.75 Å². The number of benzene rings is 1. The Morgan fingerprint density at radius 2 is 2.31 bits per heavy atom. The minimum absolute atomic E-state index is 0.354. The molecule has 0 amide bonds. The van der Waals surface area contributed by atoms with Crippen molar-refractivity contribution in [2.75, 3.05) is 6.61 Å². The van der Waals surface area contributed by atoms with Crippen LogP contribution in [0, 0.1) is 0 Å². The summed E-state index contributed by atoms with van der Waals surface area (Å²) in [7, 11) is 0. The topological polar surface area (TPSA) is 29.5 Å². The largest absolute Gasteiger partial charge is 0.491 e. The van der Waals surface area contributed by atoms with Crippen LogP contribution in [0.25, 0.3) is 0 Å². The first-order valence-electron chi connectivity index (χ1n) is 4.28. The summed E-state index contributed by atoms with van der Waals surface area (Å²) in [5, 5.41) is 9.25. The lowest BCUT2D eigenvalue weighted by atomic mass is 10.3. The van der Waals surface area contributed by atoms with Crippen LogP contribution in [0.5, 0.6) is 5.75 Å². The summed E-state index contributed by atoms with van der Waals surface area (Å²) in [4.78, 5) is 0. The molecule has 0 aliphatic carbocycles. The van der Waals surface area contributed by atoms with Gasteiger partial charge in [0.25, 0.3) is 0 Å². The molecule has 72 valence electrons. The maximum atomic E-state index is 9.25. The van der Waals surface area contributed by atoms with Gasteiger partial charge in [0.2, 0.25) is 0 Å². The second-order valence-corrected chi connectivity index (χ2v) is 3.75. The van der Waals surface area contributed by atoms with E-state index in [2.05, 4.69) is 15.9 Å². The number of hydrogen-bond acceptors (Lipinski definition) is 2. The van der Waals surface area contributed by atoms with Gasteiger partial charge < -0.3 is 9.84 Å². The molecule has 0 heterocycles. The zero-order valence-electron chi connectivity index (χ0n) is 7.53. The van der Waals surface area contributed by atoms with Crippen molar-refractivity contribution in [1.29, 1.82) is 0 Å². The predicted octanol–water partition coefficient (Wildman–Crippen LogP) is 2.60. The first kappa shape index (κ1) is 10.5. The van der Waals surface area contributed by atoms with Gasteiger partial charge in [0.1, 0.15) is 12.4 Å². The molecule has 0 bridgehead atoms. The monoisotopic (exact) mass is 244 g/mol. The highest BCUT2D eigenvalue weighted by Gasteiger charge is 2.01. The molecule has 1 aromatic carbocycles. The zero-order valence-corrected chi connectivity index (χ0v) is 9.12. The molecule has 0 fully saturated rings. The molecule has 0 aliphatic rings. The maximum absolute atomic E-state index is 9.25. The van der Waals surface area contributed by atoms with Gasteiger partial charge in [0, 0.05) is 4.47 Å². The summed E-state index contributed by atoms with van der Waals surface area (Å²) in [5.41, 5.74) is 0. The summed E-state index contributed by atoms with van der Waals surface area (Å²) in [6.45, 7) is 2.28. The lowest BCUT2D eigenvalue weighted by Gasteiger charge is -2.09. The smallest absolute Gasteiger partial charge is 0.120 e. The molecular formula is C10H13BrO2. The van der Waals surface area contributed by atoms with Crippen LogP contribution in [0.3, 0.4) is 0 Å². The summed E-state index contributed by atoms with van der Waals surface area (Å²) in [5.74, 6) is 0.780. The molecule has 0 saturated heterocycles. The van der Waals surface area contributed by atoms with Crippen molar-refractivity contribution in [2.45, 2.75) is 19.4 Å². The lowest BCUT2D eigenvalue weighted by molar-refractivity contribution is 0.104. The number of ether oxygens (including phenoxy) is 1. The Morgan fingerprint density at radius 3 is 2.92 bits per heavy atom. The number of halogens is 1. The van der Waals surface area contributed by atoms with E-state index < -0.39 is 0 Å². The van der Waals surface area contributed by atoms with Crippen molar-refractivity contribution in [3.63, 3.8) is 0 Å². The summed E-state index contributed by atoms with van der Waals surface area (Å²) >= 11 is 3.34. The third kappa shape index (κ3) is 3.79. The Balaban J connectivity index is 2.45. The average Bonchev–Trinajstić information content (AvgIpc) is 2.14. The van der Waals surface area contributed by atoms with Crippen LogP contribution in [0.4, 0.5) is 0 Å². The van der Waals surface area contributed by atoms with Gasteiger partial charge >= 0.3 is 0 Å². The quantitative estimate of drug-likeness (QED) is 0.883. The van der Waals surface area contributed by atoms with Gasteiger partial charge in [-0.2, -0.15) is 0 Å². The molecular weight excluding hydrogens is 232 g/mol. The molecule has 0 aromatic heterocycles. The van der Waals surface area contributed by atoms with E-state index in [4.69, 9.17) is 4.74 Å². The molecule has 3 heteroatoms. The van der Waals surface area contributed by atoms with E-state index >= 15 is 0 Å². The Hall–Kier alpha value is -0.540. The van der Waals surface area contributed by atoms with Gasteiger partial charge in [-0.15, -0.1) is 0 Å². The standard InChI is InChI=1S/C10H13BrO2/c1-2-9(12)7-13-10-5-3-4-8(11)6-10/h3-6,9,12H,2,7H2,1H3. The molecule has 0 aliphatic heterocycles. The molecule has 1 N–H and O–H groups in total. The zero-order chi connectivity index (χ0) is 9.68. The van der Waals surface area contributed by atoms with E-state index in [1.54, 1.807) is 0 Å². The molecule has 1 rings (SSSR count). The van der Waals surface area contributed by atoms with Crippen molar-refractivity contribution in [1.82, 2.24) is 0 Å². The minimum Gasteiger partial charge on any atom is -0.491 e. The van der Waals surface area contributed by atoms with Crippen LogP contribution in [0.2, 0.25) is 0 Å². The van der Waals surface area contributed by atoms with E-state index in [-0.39, 0.29) is 6.10 Å². The Bertz CT molecular complexity index is 263. The molecule has 1 aromatic rings. The predicted molar refractivity (Wildman–Crippen MR) is 55.9 cm³/mol. The maximum Gasteiger partial charge on any atom is 0.120 e. The highest BCUT2D eigenvalue weighted by atomic mass is 79.9. The molecule has 0 saturated carbocycles. The highest BCUT2D eigenvalue weighted by Crippen LogP contribution is 2.17. The fourth-order valence-corrected chi connectivity index (χ4v) is 1.25. The number of rotatable bonds is 4. The second-order valence-electron chi connectivity index (χ2n) is 2.83. The van der Waals surface area contributed by atoms with Crippen LogP contribution in [-0.2, 0) is 0 Å². The van der Waals surface area contributed by atoms with E-state index in [0.717, 1.165) is 10.2 Å². The fourth-order valence-electron chi connectivity index (χ4n) is 0.867. The summed E-state index contributed by atoms with van der Waals surface area (Å²) in [6.07, 6.45) is 0.340. The first-order valence-corrected chi connectivity index (χ1v) is 5.08. The van der Waals surface area contributed by atoms with Crippen LogP contribution < -0.4 is 4.74 Å². The van der Waals surface area contributed by atoms with Gasteiger partial charge in [-0.05, 0) is 24.6 Å². The van der Waals surface area contributed by atoms with E-state index in [0.29, 0.717) is 13.0 Å². The van der Waals surface area contributed by atoms with Crippen molar-refractivity contribution in [2.24, 2.45) is 0 Å². The number of aliphatic hydroxyl groups is 1. The Kier molecular flexibility index (Phi) is 4.25. The highest BCUT2D eigenvalue weighted by molar-refractivity contribution is 9.10. The molecule has 0 spiro atoms. The van der Waals surface area contributed by atoms with Crippen molar-refractivity contribution >= 4 is 15.9 Å². The van der Waals surface area contributed by atoms with Crippen LogP contribution in [-0.4, -0.2) is 17.8 Å². The normalized spacial score (nSPS) is 12.5. The van der Waals surface area contributed by atoms with Gasteiger partial charge in [-0.3, -0.25) is 0 Å². The Labute approximate surface area is 86.7 Å². The third-order valence-electron chi connectivity index (χ3n) is 1.71. The van der Waals surface area contributed by atoms with Gasteiger partial charge in [0.05, 0.1) is 6.10 Å². The number of aliphatic hydroxyl groups excluding tert-OH is 1. The van der Waals surface area contributed by atoms with E-state index in [1.165, 1.54) is 0 Å². The van der Waals surface area contributed by atoms with E-state index in [1.807, 2.05) is 31.2 Å². The fraction of sp³-hybridized carbons (Fsp3) is 0.400. The minimum atomic E-state index is -0.376. The summed E-state index contributed by atoms with van der Waals surface area (Å²) < 4.78 is 6.34. The average molecular weight is 245 g/mol. The first-order chi connectivity index (χ1) is 6.22. The Morgan fingerprint density at radius 1 is 1.54 bits per heavy atom. The van der Waals surface area contributed by atoms with E-state index in [9.17, 15) is 5.11 Å². The molecule has 1 atom stereocenters. The lowest BCUT2D eigenvalue weighted by Crippen LogP contribution is -2.15. The molecule has 0 radical (unpaired) electrons. The number of hydrogen-bond donors (Lipinski definition) is 1. The van der Waals surface area contributed by atoms with Crippen molar-refractivity contribution < 1.29 is 9.84 Å². The van der Waals surface area contributed by atoms with Gasteiger partial charge in [0.15, 0.2) is 0 Å². The second kappa shape index (κ2) is 5.25. The summed E-state index contributed by atoms with van der Waals surface area (Å²) in [6, 6.07) is 7.58. The van der Waals surface area contributed by atoms with Crippen LogP contribution >= 0.6 is 15.9 Å². The third-order valence-corrected chi connectivity index (χ3v) is 2.20. The van der Waals surface area contributed by atoms with Crippen LogP contribution in [0.15, 0.2) is 28.7 Å². The van der Waals surface area contributed by atoms with Gasteiger partial charge in [-0.1, -0.05) is 28.9 Å². The SMILES string of the molecule is CCC(O)COc1cccc(Br)c1. The molecule has 2 nitrogen and oxygen atoms in total. The van der Waals surface area contributed by atoms with Crippen LogP contribution in [0.1, 0.15) is 13.3 Å². The molecule has 1 unspecified atom stereocenters. The molecule has 13 heavy (non-hydrogen) atoms. The van der Waals surface area contributed by atoms with Crippen molar-refractivity contribution in [3.05, 3.63) is 28.7 Å². The van der Waals surface area contributed by atoms with Gasteiger partial charge in [-0.25, -0.2) is 0 Å².